The van der Waals surface area contributed by atoms with Gasteiger partial charge >= 0.3 is 0 Å². The van der Waals surface area contributed by atoms with Gasteiger partial charge in [0.1, 0.15) is 5.75 Å². The SMILES string of the molecule is COc1cccc(Cc2ccc3c4c([nH]c3c2)CC2CCN(C)CC2C4)c1. The minimum absolute atomic E-state index is 0.826. The van der Waals surface area contributed by atoms with Gasteiger partial charge in [-0.3, -0.25) is 0 Å². The number of benzene rings is 2. The molecule has 2 heterocycles. The maximum absolute atomic E-state index is 5.36. The van der Waals surface area contributed by atoms with E-state index in [0.717, 1.165) is 24.0 Å². The van der Waals surface area contributed by atoms with Gasteiger partial charge < -0.3 is 14.6 Å². The fourth-order valence-electron chi connectivity index (χ4n) is 5.18. The summed E-state index contributed by atoms with van der Waals surface area (Å²) in [5.41, 5.74) is 7.03. The van der Waals surface area contributed by atoms with E-state index in [4.69, 9.17) is 4.74 Å². The van der Waals surface area contributed by atoms with Crippen LogP contribution in [0.25, 0.3) is 10.9 Å². The number of fused-ring (bicyclic) bond motifs is 4. The van der Waals surface area contributed by atoms with Gasteiger partial charge in [-0.25, -0.2) is 0 Å². The first-order valence-electron chi connectivity index (χ1n) is 10.1. The number of nitrogens with one attached hydrogen (secondary N) is 1. The molecule has 27 heavy (non-hydrogen) atoms. The number of aromatic amines is 1. The maximum atomic E-state index is 5.36. The Kier molecular flexibility index (Phi) is 4.20. The van der Waals surface area contributed by atoms with Gasteiger partial charge in [-0.05, 0) is 86.0 Å². The fourth-order valence-corrected chi connectivity index (χ4v) is 5.18. The highest BCUT2D eigenvalue weighted by molar-refractivity contribution is 5.85. The van der Waals surface area contributed by atoms with Crippen molar-refractivity contribution in [2.75, 3.05) is 27.2 Å². The number of methoxy groups -OCH3 is 1. The molecule has 1 saturated heterocycles. The number of ether oxygens (including phenoxy) is 1. The molecule has 2 atom stereocenters. The summed E-state index contributed by atoms with van der Waals surface area (Å²) in [7, 11) is 4.00. The van der Waals surface area contributed by atoms with E-state index in [0.29, 0.717) is 0 Å². The van der Waals surface area contributed by atoms with Gasteiger partial charge in [0.25, 0.3) is 0 Å². The second kappa shape index (κ2) is 6.72. The Morgan fingerprint density at radius 3 is 2.85 bits per heavy atom. The Bertz CT molecular complexity index is 974. The third-order valence-electron chi connectivity index (χ3n) is 6.63. The monoisotopic (exact) mass is 360 g/mol. The van der Waals surface area contributed by atoms with Crippen molar-refractivity contribution >= 4 is 10.9 Å². The van der Waals surface area contributed by atoms with Gasteiger partial charge in [0, 0.05) is 23.1 Å². The number of hydrogen-bond donors (Lipinski definition) is 1. The van der Waals surface area contributed by atoms with Crippen LogP contribution < -0.4 is 4.74 Å². The molecule has 1 aromatic heterocycles. The average molecular weight is 361 g/mol. The molecule has 3 aromatic rings. The van der Waals surface area contributed by atoms with E-state index in [-0.39, 0.29) is 0 Å². The molecule has 140 valence electrons. The van der Waals surface area contributed by atoms with Crippen LogP contribution in [-0.4, -0.2) is 37.1 Å². The number of aromatic nitrogens is 1. The molecule has 0 bridgehead atoms. The van der Waals surface area contributed by atoms with Crippen LogP contribution in [0.4, 0.5) is 0 Å². The van der Waals surface area contributed by atoms with E-state index in [1.807, 2.05) is 6.07 Å². The molecule has 0 saturated carbocycles. The minimum Gasteiger partial charge on any atom is -0.497 e. The number of hydrogen-bond acceptors (Lipinski definition) is 2. The van der Waals surface area contributed by atoms with Gasteiger partial charge in [-0.1, -0.05) is 24.3 Å². The maximum Gasteiger partial charge on any atom is 0.119 e. The summed E-state index contributed by atoms with van der Waals surface area (Å²) < 4.78 is 5.36. The van der Waals surface area contributed by atoms with E-state index in [9.17, 15) is 0 Å². The molecule has 1 aliphatic carbocycles. The third-order valence-corrected chi connectivity index (χ3v) is 6.63. The van der Waals surface area contributed by atoms with Crippen LogP contribution in [0.3, 0.4) is 0 Å². The first-order chi connectivity index (χ1) is 13.2. The Morgan fingerprint density at radius 1 is 1.07 bits per heavy atom. The molecule has 2 unspecified atom stereocenters. The summed E-state index contributed by atoms with van der Waals surface area (Å²) in [5.74, 6) is 2.61. The molecule has 3 heteroatoms. The topological polar surface area (TPSA) is 28.3 Å². The lowest BCUT2D eigenvalue weighted by atomic mass is 9.74. The fraction of sp³-hybridized carbons (Fsp3) is 0.417. The van der Waals surface area contributed by atoms with Crippen LogP contribution in [0.5, 0.6) is 5.75 Å². The molecule has 1 aliphatic heterocycles. The first kappa shape index (κ1) is 16.9. The molecular formula is C24H28N2O. The van der Waals surface area contributed by atoms with Crippen molar-refractivity contribution in [1.82, 2.24) is 9.88 Å². The van der Waals surface area contributed by atoms with Crippen molar-refractivity contribution in [1.29, 1.82) is 0 Å². The van der Waals surface area contributed by atoms with Gasteiger partial charge in [0.05, 0.1) is 7.11 Å². The number of rotatable bonds is 3. The molecule has 2 aromatic carbocycles. The van der Waals surface area contributed by atoms with Crippen LogP contribution in [0.15, 0.2) is 42.5 Å². The van der Waals surface area contributed by atoms with E-state index >= 15 is 0 Å². The Hall–Kier alpha value is -2.26. The largest absolute Gasteiger partial charge is 0.497 e. The second-order valence-electron chi connectivity index (χ2n) is 8.47. The van der Waals surface area contributed by atoms with E-state index < -0.39 is 0 Å². The average Bonchev–Trinajstić information content (AvgIpc) is 3.03. The van der Waals surface area contributed by atoms with Crippen molar-refractivity contribution in [2.24, 2.45) is 11.8 Å². The lowest BCUT2D eigenvalue weighted by Crippen LogP contribution is -2.41. The Balaban J connectivity index is 1.44. The Morgan fingerprint density at radius 2 is 1.96 bits per heavy atom. The van der Waals surface area contributed by atoms with Crippen molar-refractivity contribution in [2.45, 2.75) is 25.7 Å². The highest BCUT2D eigenvalue weighted by atomic mass is 16.5. The van der Waals surface area contributed by atoms with Crippen molar-refractivity contribution < 1.29 is 4.74 Å². The standard InChI is InChI=1S/C24H28N2O/c1-26-9-8-18-14-24-22(13-19(18)15-26)21-7-6-17(12-23(21)25-24)10-16-4-3-5-20(11-16)27-2/h3-7,11-12,18-19,25H,8-10,13-15H2,1-2H3. The van der Waals surface area contributed by atoms with Crippen LogP contribution in [-0.2, 0) is 19.3 Å². The molecule has 0 amide bonds. The van der Waals surface area contributed by atoms with Gasteiger partial charge in [0.2, 0.25) is 0 Å². The van der Waals surface area contributed by atoms with Crippen molar-refractivity contribution in [3.05, 3.63) is 64.8 Å². The van der Waals surface area contributed by atoms with Crippen LogP contribution in [0, 0.1) is 11.8 Å². The lowest BCUT2D eigenvalue weighted by molar-refractivity contribution is 0.134. The number of H-pyrrole nitrogens is 1. The predicted molar refractivity (Wildman–Crippen MR) is 111 cm³/mol. The van der Waals surface area contributed by atoms with Gasteiger partial charge in [0.15, 0.2) is 0 Å². The number of nitrogens with zero attached hydrogens (tertiary/aromatic N) is 1. The summed E-state index contributed by atoms with van der Waals surface area (Å²) in [4.78, 5) is 6.28. The Labute approximate surface area is 161 Å². The molecule has 5 rings (SSSR count). The highest BCUT2D eigenvalue weighted by Crippen LogP contribution is 2.38. The zero-order valence-electron chi connectivity index (χ0n) is 16.3. The van der Waals surface area contributed by atoms with Gasteiger partial charge in [-0.15, -0.1) is 0 Å². The number of likely N-dealkylation sites (tertiary alicyclic amines) is 1. The molecule has 0 radical (unpaired) electrons. The van der Waals surface area contributed by atoms with E-state index in [1.54, 1.807) is 12.7 Å². The molecule has 1 N–H and O–H groups in total. The van der Waals surface area contributed by atoms with Crippen molar-refractivity contribution in [3.63, 3.8) is 0 Å². The van der Waals surface area contributed by atoms with Crippen LogP contribution in [0.2, 0.25) is 0 Å². The quantitative estimate of drug-likeness (QED) is 0.748. The van der Waals surface area contributed by atoms with Gasteiger partial charge in [-0.2, -0.15) is 0 Å². The first-order valence-corrected chi connectivity index (χ1v) is 10.1. The summed E-state index contributed by atoms with van der Waals surface area (Å²) in [6.07, 6.45) is 4.75. The molecule has 3 nitrogen and oxygen atoms in total. The van der Waals surface area contributed by atoms with Crippen LogP contribution in [0.1, 0.15) is 28.8 Å². The summed E-state index contributed by atoms with van der Waals surface area (Å²) in [6.45, 7) is 2.51. The zero-order valence-corrected chi connectivity index (χ0v) is 16.3. The molecule has 2 aliphatic rings. The second-order valence-corrected chi connectivity index (χ2v) is 8.47. The normalized spacial score (nSPS) is 22.4. The van der Waals surface area contributed by atoms with Crippen LogP contribution >= 0.6 is 0 Å². The van der Waals surface area contributed by atoms with E-state index in [2.05, 4.69) is 53.3 Å². The molecule has 1 fully saturated rings. The number of piperidine rings is 1. The zero-order chi connectivity index (χ0) is 18.4. The van der Waals surface area contributed by atoms with Crippen molar-refractivity contribution in [3.8, 4) is 5.75 Å². The smallest absolute Gasteiger partial charge is 0.119 e. The summed E-state index contributed by atoms with van der Waals surface area (Å²) >= 11 is 0. The molecular weight excluding hydrogens is 332 g/mol. The van der Waals surface area contributed by atoms with E-state index in [1.165, 1.54) is 60.1 Å². The minimum atomic E-state index is 0.826. The lowest BCUT2D eigenvalue weighted by Gasteiger charge is -2.39. The molecule has 0 spiro atoms. The highest BCUT2D eigenvalue weighted by Gasteiger charge is 2.34. The third kappa shape index (κ3) is 3.14. The predicted octanol–water partition coefficient (Wildman–Crippen LogP) is 4.43. The summed E-state index contributed by atoms with van der Waals surface area (Å²) in [6, 6.07) is 15.4. The summed E-state index contributed by atoms with van der Waals surface area (Å²) in [5, 5.41) is 1.44.